The van der Waals surface area contributed by atoms with Crippen LogP contribution in [0.15, 0.2) is 80.8 Å². The maximum atomic E-state index is 13.6. The van der Waals surface area contributed by atoms with Crippen molar-refractivity contribution in [3.63, 3.8) is 0 Å². The van der Waals surface area contributed by atoms with E-state index in [0.717, 1.165) is 16.0 Å². The average Bonchev–Trinajstić information content (AvgIpc) is 3.18. The number of para-hydroxylation sites is 1. The molecule has 178 valence electrons. The minimum Gasteiger partial charge on any atom is -0.493 e. The van der Waals surface area contributed by atoms with E-state index in [2.05, 4.69) is 0 Å². The van der Waals surface area contributed by atoms with Crippen LogP contribution in [0.1, 0.15) is 33.3 Å². The number of methoxy groups -OCH3 is 2. The van der Waals surface area contributed by atoms with Gasteiger partial charge in [0, 0.05) is 11.4 Å². The summed E-state index contributed by atoms with van der Waals surface area (Å²) in [5.74, 6) is 1.13. The van der Waals surface area contributed by atoms with Crippen molar-refractivity contribution in [1.82, 2.24) is 4.90 Å². The highest BCUT2D eigenvalue weighted by atomic mass is 32.2. The molecule has 7 heteroatoms. The Balaban J connectivity index is 1.57. The molecule has 1 aliphatic heterocycles. The summed E-state index contributed by atoms with van der Waals surface area (Å²) in [7, 11) is 3.19. The van der Waals surface area contributed by atoms with Gasteiger partial charge >= 0.3 is 0 Å². The lowest BCUT2D eigenvalue weighted by molar-refractivity contribution is 0.0730. The fourth-order valence-electron chi connectivity index (χ4n) is 4.62. The molecule has 5 rings (SSSR count). The molecule has 3 aromatic carbocycles. The number of carbonyl (C=O) groups excluding carboxylic acids is 1. The minimum absolute atomic E-state index is 0.125. The number of rotatable bonds is 7. The van der Waals surface area contributed by atoms with Crippen LogP contribution in [0.3, 0.4) is 0 Å². The monoisotopic (exact) mass is 487 g/mol. The Kier molecular flexibility index (Phi) is 6.26. The first kappa shape index (κ1) is 23.1. The molecule has 0 saturated heterocycles. The smallest absolute Gasteiger partial charge is 0.290 e. The molecule has 1 aromatic heterocycles. The van der Waals surface area contributed by atoms with Gasteiger partial charge in [0.2, 0.25) is 5.76 Å². The van der Waals surface area contributed by atoms with Gasteiger partial charge in [0.15, 0.2) is 16.9 Å². The van der Waals surface area contributed by atoms with Gasteiger partial charge in [-0.05, 0) is 60.2 Å². The van der Waals surface area contributed by atoms with E-state index in [0.29, 0.717) is 41.0 Å². The summed E-state index contributed by atoms with van der Waals surface area (Å²) in [4.78, 5) is 30.0. The lowest BCUT2D eigenvalue weighted by Crippen LogP contribution is -2.31. The van der Waals surface area contributed by atoms with Crippen LogP contribution in [0.5, 0.6) is 11.5 Å². The van der Waals surface area contributed by atoms with Gasteiger partial charge in [0.25, 0.3) is 5.91 Å². The van der Waals surface area contributed by atoms with Crippen molar-refractivity contribution in [2.75, 3.05) is 27.0 Å². The zero-order valence-electron chi connectivity index (χ0n) is 19.7. The first-order chi connectivity index (χ1) is 17.0. The second kappa shape index (κ2) is 9.50. The molecule has 1 amide bonds. The van der Waals surface area contributed by atoms with Crippen LogP contribution in [0, 0.1) is 0 Å². The standard InChI is InChI=1S/C28H25NO5S/c1-32-22-13-8-17(16-23(22)33-2)14-15-29-25(18-9-11-19(35-3)12-10-18)24-26(30)20-6-4-5-7-21(20)34-27(24)28(29)31/h4-13,16,25H,14-15H2,1-3H3. The highest BCUT2D eigenvalue weighted by molar-refractivity contribution is 7.98. The topological polar surface area (TPSA) is 69.0 Å². The second-order valence-corrected chi connectivity index (χ2v) is 9.16. The highest BCUT2D eigenvalue weighted by Gasteiger charge is 2.42. The number of ether oxygens (including phenoxy) is 2. The van der Waals surface area contributed by atoms with Crippen LogP contribution < -0.4 is 14.9 Å². The maximum Gasteiger partial charge on any atom is 0.290 e. The highest BCUT2D eigenvalue weighted by Crippen LogP contribution is 2.39. The van der Waals surface area contributed by atoms with Gasteiger partial charge in [0.05, 0.1) is 31.2 Å². The third-order valence-corrected chi connectivity index (χ3v) is 7.14. The largest absolute Gasteiger partial charge is 0.493 e. The lowest BCUT2D eigenvalue weighted by atomic mass is 9.98. The van der Waals surface area contributed by atoms with E-state index in [-0.39, 0.29) is 17.1 Å². The minimum atomic E-state index is -0.519. The van der Waals surface area contributed by atoms with Crippen LogP contribution in [-0.2, 0) is 6.42 Å². The van der Waals surface area contributed by atoms with Crippen LogP contribution >= 0.6 is 11.8 Å². The third kappa shape index (κ3) is 4.06. The molecule has 1 atom stereocenters. The predicted octanol–water partition coefficient (Wildman–Crippen LogP) is 5.32. The summed E-state index contributed by atoms with van der Waals surface area (Å²) < 4.78 is 16.8. The van der Waals surface area contributed by atoms with E-state index in [9.17, 15) is 9.59 Å². The summed E-state index contributed by atoms with van der Waals surface area (Å²) in [6.07, 6.45) is 2.59. The molecule has 0 fully saturated rings. The van der Waals surface area contributed by atoms with Crippen molar-refractivity contribution in [3.8, 4) is 11.5 Å². The number of thioether (sulfide) groups is 1. The van der Waals surface area contributed by atoms with E-state index < -0.39 is 6.04 Å². The van der Waals surface area contributed by atoms with E-state index in [1.165, 1.54) is 0 Å². The Hall–Kier alpha value is -3.71. The number of nitrogens with zero attached hydrogens (tertiary/aromatic N) is 1. The summed E-state index contributed by atoms with van der Waals surface area (Å²) in [5.41, 5.74) is 2.53. The average molecular weight is 488 g/mol. The maximum absolute atomic E-state index is 13.6. The normalized spacial score (nSPS) is 14.9. The van der Waals surface area contributed by atoms with Gasteiger partial charge in [-0.3, -0.25) is 9.59 Å². The Labute approximate surface area is 207 Å². The molecule has 6 nitrogen and oxygen atoms in total. The van der Waals surface area contributed by atoms with E-state index >= 15 is 0 Å². The number of hydrogen-bond acceptors (Lipinski definition) is 6. The van der Waals surface area contributed by atoms with Crippen LogP contribution in [0.4, 0.5) is 0 Å². The van der Waals surface area contributed by atoms with Crippen LogP contribution in [0.25, 0.3) is 11.0 Å². The molecule has 35 heavy (non-hydrogen) atoms. The molecule has 2 heterocycles. The van der Waals surface area contributed by atoms with Gasteiger partial charge < -0.3 is 18.8 Å². The van der Waals surface area contributed by atoms with Crippen molar-refractivity contribution in [3.05, 3.63) is 99.4 Å². The van der Waals surface area contributed by atoms with E-state index in [1.807, 2.05) is 48.7 Å². The molecule has 0 aliphatic carbocycles. The molecule has 0 N–H and O–H groups in total. The predicted molar refractivity (Wildman–Crippen MR) is 137 cm³/mol. The fourth-order valence-corrected chi connectivity index (χ4v) is 5.02. The number of fused-ring (bicyclic) bond motifs is 2. The molecule has 0 saturated carbocycles. The fraction of sp³-hybridized carbons (Fsp3) is 0.214. The Morgan fingerprint density at radius 3 is 2.40 bits per heavy atom. The molecule has 0 bridgehead atoms. The Bertz CT molecular complexity index is 1460. The van der Waals surface area contributed by atoms with Crippen LogP contribution in [0.2, 0.25) is 0 Å². The zero-order valence-corrected chi connectivity index (χ0v) is 20.6. The van der Waals surface area contributed by atoms with Crippen molar-refractivity contribution < 1.29 is 18.7 Å². The van der Waals surface area contributed by atoms with Crippen molar-refractivity contribution in [1.29, 1.82) is 0 Å². The molecule has 0 radical (unpaired) electrons. The summed E-state index contributed by atoms with van der Waals surface area (Å²) in [6, 6.07) is 20.2. The second-order valence-electron chi connectivity index (χ2n) is 8.28. The van der Waals surface area contributed by atoms with E-state index in [1.54, 1.807) is 55.1 Å². The number of hydrogen-bond donors (Lipinski definition) is 0. The van der Waals surface area contributed by atoms with Crippen molar-refractivity contribution in [2.24, 2.45) is 0 Å². The third-order valence-electron chi connectivity index (χ3n) is 6.39. The van der Waals surface area contributed by atoms with Gasteiger partial charge in [-0.2, -0.15) is 0 Å². The molecule has 1 unspecified atom stereocenters. The van der Waals surface area contributed by atoms with Gasteiger partial charge in [0.1, 0.15) is 5.58 Å². The number of benzene rings is 3. The molecule has 4 aromatic rings. The van der Waals surface area contributed by atoms with E-state index in [4.69, 9.17) is 13.9 Å². The first-order valence-electron chi connectivity index (χ1n) is 11.3. The van der Waals surface area contributed by atoms with Gasteiger partial charge in [-0.1, -0.05) is 30.3 Å². The molecule has 1 aliphatic rings. The van der Waals surface area contributed by atoms with Crippen molar-refractivity contribution >= 4 is 28.6 Å². The number of amides is 1. The van der Waals surface area contributed by atoms with Crippen LogP contribution in [-0.4, -0.2) is 37.8 Å². The summed E-state index contributed by atoms with van der Waals surface area (Å²) in [5, 5.41) is 0.478. The molecule has 0 spiro atoms. The molecular formula is C28H25NO5S. The summed E-state index contributed by atoms with van der Waals surface area (Å²) >= 11 is 1.64. The number of carbonyl (C=O) groups is 1. The quantitative estimate of drug-likeness (QED) is 0.329. The van der Waals surface area contributed by atoms with Gasteiger partial charge in [-0.15, -0.1) is 11.8 Å². The molecular weight excluding hydrogens is 462 g/mol. The van der Waals surface area contributed by atoms with Crippen molar-refractivity contribution in [2.45, 2.75) is 17.4 Å². The zero-order chi connectivity index (χ0) is 24.5. The lowest BCUT2D eigenvalue weighted by Gasteiger charge is -2.25. The summed E-state index contributed by atoms with van der Waals surface area (Å²) in [6.45, 7) is 0.406. The Morgan fingerprint density at radius 2 is 1.69 bits per heavy atom. The first-order valence-corrected chi connectivity index (χ1v) is 12.5. The SMILES string of the molecule is COc1ccc(CCN2C(=O)c3oc4ccccc4c(=O)c3C2c2ccc(SC)cc2)cc1OC. The van der Waals surface area contributed by atoms with Gasteiger partial charge in [-0.25, -0.2) is 0 Å². The Morgan fingerprint density at radius 1 is 0.943 bits per heavy atom.